The molecule has 40 heavy (non-hydrogen) atoms. The second-order valence-electron chi connectivity index (χ2n) is 9.46. The van der Waals surface area contributed by atoms with Crippen molar-refractivity contribution in [1.29, 1.82) is 0 Å². The van der Waals surface area contributed by atoms with Gasteiger partial charge < -0.3 is 15.2 Å². The summed E-state index contributed by atoms with van der Waals surface area (Å²) in [6.45, 7) is 0. The predicted molar refractivity (Wildman–Crippen MR) is 146 cm³/mol. The van der Waals surface area contributed by atoms with E-state index in [0.717, 1.165) is 25.0 Å². The zero-order valence-electron chi connectivity index (χ0n) is 21.3. The Morgan fingerprint density at radius 3 is 2.45 bits per heavy atom. The lowest BCUT2D eigenvalue weighted by Gasteiger charge is -2.26. The Morgan fingerprint density at radius 2 is 1.68 bits per heavy atom. The maximum absolute atomic E-state index is 15.0. The monoisotopic (exact) mass is 567 g/mol. The van der Waals surface area contributed by atoms with Gasteiger partial charge in [-0.3, -0.25) is 4.72 Å². The number of nitrogens with zero attached hydrogens (tertiary/aromatic N) is 3. The molecule has 0 radical (unpaired) electrons. The Balaban J connectivity index is 1.34. The molecular formula is C28H27F2N5O4S. The molecule has 1 aliphatic carbocycles. The minimum Gasteiger partial charge on any atom is -0.435 e. The van der Waals surface area contributed by atoms with E-state index in [0.29, 0.717) is 35.6 Å². The van der Waals surface area contributed by atoms with Crippen LogP contribution in [0.3, 0.4) is 0 Å². The minimum atomic E-state index is -4.00. The molecule has 12 heteroatoms. The number of halogens is 2. The fraction of sp³-hybridized carbons (Fsp3) is 0.250. The van der Waals surface area contributed by atoms with Gasteiger partial charge in [0.25, 0.3) is 0 Å². The fourth-order valence-electron chi connectivity index (χ4n) is 4.44. The Labute approximate surface area is 230 Å². The van der Waals surface area contributed by atoms with Crippen molar-refractivity contribution in [2.24, 2.45) is 0 Å². The van der Waals surface area contributed by atoms with Gasteiger partial charge in [-0.15, -0.1) is 0 Å². The first kappa shape index (κ1) is 27.4. The average Bonchev–Trinajstić information content (AvgIpc) is 2.95. The van der Waals surface area contributed by atoms with Crippen LogP contribution in [0, 0.1) is 11.6 Å². The largest absolute Gasteiger partial charge is 0.435 e. The molecule has 0 amide bonds. The van der Waals surface area contributed by atoms with Crippen molar-refractivity contribution in [3.05, 3.63) is 90.3 Å². The van der Waals surface area contributed by atoms with Crippen molar-refractivity contribution in [3.63, 3.8) is 0 Å². The van der Waals surface area contributed by atoms with Crippen LogP contribution in [0.1, 0.15) is 31.2 Å². The number of aliphatic hydroxyl groups is 1. The van der Waals surface area contributed by atoms with Crippen molar-refractivity contribution in [3.8, 4) is 22.9 Å². The van der Waals surface area contributed by atoms with E-state index in [4.69, 9.17) is 4.74 Å². The number of nitrogens with one attached hydrogen (secondary N) is 2. The molecule has 0 bridgehead atoms. The molecule has 208 valence electrons. The van der Waals surface area contributed by atoms with Crippen molar-refractivity contribution in [2.45, 2.75) is 43.6 Å². The van der Waals surface area contributed by atoms with Crippen LogP contribution in [-0.4, -0.2) is 40.6 Å². The summed E-state index contributed by atoms with van der Waals surface area (Å²) in [6, 6.07) is 15.7. The Bertz CT molecular complexity index is 1580. The number of aliphatic hydroxyl groups excluding tert-OH is 1. The molecule has 2 heterocycles. The standard InChI is InChI=1S/C28H27F2N5O4S/c29-25-23(35-40(37,38)17-18-5-2-1-3-6-18)12-13-24(26(25)30)39-27-21(7-4-15-31-27)22-14-16-32-28(34-22)33-19-8-10-20(36)11-9-19/h1-7,12-16,19-20,35-36H,8-11,17H2,(H,32,33,34)/t19-,20-. The van der Waals surface area contributed by atoms with Gasteiger partial charge in [-0.1, -0.05) is 30.3 Å². The third kappa shape index (κ3) is 6.69. The number of benzene rings is 2. The van der Waals surface area contributed by atoms with E-state index in [1.54, 1.807) is 54.7 Å². The summed E-state index contributed by atoms with van der Waals surface area (Å²) in [5, 5.41) is 13.0. The molecule has 1 saturated carbocycles. The van der Waals surface area contributed by atoms with Gasteiger partial charge in [-0.05, 0) is 61.6 Å². The number of rotatable bonds is 9. The predicted octanol–water partition coefficient (Wildman–Crippen LogP) is 5.27. The molecule has 2 aromatic heterocycles. The lowest BCUT2D eigenvalue weighted by atomic mass is 9.93. The second-order valence-corrected chi connectivity index (χ2v) is 11.2. The number of pyridine rings is 1. The van der Waals surface area contributed by atoms with E-state index >= 15 is 4.39 Å². The molecule has 3 N–H and O–H groups in total. The van der Waals surface area contributed by atoms with Gasteiger partial charge in [0.1, 0.15) is 0 Å². The van der Waals surface area contributed by atoms with Crippen LogP contribution >= 0.6 is 0 Å². The van der Waals surface area contributed by atoms with E-state index < -0.39 is 38.8 Å². The molecule has 0 saturated heterocycles. The van der Waals surface area contributed by atoms with E-state index in [1.165, 1.54) is 6.20 Å². The number of hydrogen-bond acceptors (Lipinski definition) is 8. The highest BCUT2D eigenvalue weighted by molar-refractivity contribution is 7.91. The quantitative estimate of drug-likeness (QED) is 0.250. The van der Waals surface area contributed by atoms with E-state index in [2.05, 4.69) is 25.0 Å². The van der Waals surface area contributed by atoms with Crippen molar-refractivity contribution >= 4 is 21.7 Å². The summed E-state index contributed by atoms with van der Waals surface area (Å²) in [6.07, 6.45) is 5.70. The molecule has 5 rings (SSSR count). The molecule has 4 aromatic rings. The Kier molecular flexibility index (Phi) is 8.17. The summed E-state index contributed by atoms with van der Waals surface area (Å²) in [7, 11) is -4.00. The molecule has 0 unspecified atom stereocenters. The van der Waals surface area contributed by atoms with Crippen LogP contribution in [0.15, 0.2) is 73.1 Å². The third-order valence-electron chi connectivity index (χ3n) is 6.45. The van der Waals surface area contributed by atoms with Gasteiger partial charge >= 0.3 is 0 Å². The smallest absolute Gasteiger partial charge is 0.237 e. The lowest BCUT2D eigenvalue weighted by Crippen LogP contribution is -2.28. The number of sulfonamides is 1. The summed E-state index contributed by atoms with van der Waals surface area (Å²) in [5.74, 6) is -3.29. The van der Waals surface area contributed by atoms with Crippen LogP contribution in [0.2, 0.25) is 0 Å². The normalized spacial score (nSPS) is 17.3. The number of aromatic nitrogens is 3. The first-order chi connectivity index (χ1) is 19.3. The highest BCUT2D eigenvalue weighted by Crippen LogP contribution is 2.34. The van der Waals surface area contributed by atoms with Crippen LogP contribution in [-0.2, 0) is 15.8 Å². The van der Waals surface area contributed by atoms with Gasteiger partial charge in [-0.2, -0.15) is 4.39 Å². The van der Waals surface area contributed by atoms with Gasteiger partial charge in [-0.25, -0.2) is 27.8 Å². The summed E-state index contributed by atoms with van der Waals surface area (Å²) in [5.41, 5.74) is 0.824. The molecular weight excluding hydrogens is 540 g/mol. The highest BCUT2D eigenvalue weighted by atomic mass is 32.2. The van der Waals surface area contributed by atoms with Gasteiger partial charge in [0.15, 0.2) is 11.6 Å². The van der Waals surface area contributed by atoms with Crippen molar-refractivity contribution < 1.29 is 27.0 Å². The first-order valence-corrected chi connectivity index (χ1v) is 14.4. The van der Waals surface area contributed by atoms with Gasteiger partial charge in [0.05, 0.1) is 28.8 Å². The first-order valence-electron chi connectivity index (χ1n) is 12.7. The zero-order chi connectivity index (χ0) is 28.1. The molecule has 0 atom stereocenters. The number of anilines is 2. The summed E-state index contributed by atoms with van der Waals surface area (Å²) in [4.78, 5) is 13.0. The topological polar surface area (TPSA) is 126 Å². The second kappa shape index (κ2) is 11.9. The number of hydrogen-bond donors (Lipinski definition) is 3. The Hall–Kier alpha value is -4.16. The van der Waals surface area contributed by atoms with E-state index in [9.17, 15) is 17.9 Å². The van der Waals surface area contributed by atoms with E-state index in [1.807, 2.05) is 0 Å². The molecule has 1 aliphatic rings. The molecule has 9 nitrogen and oxygen atoms in total. The minimum absolute atomic E-state index is 0.0244. The molecule has 1 fully saturated rings. The fourth-order valence-corrected chi connectivity index (χ4v) is 5.64. The summed E-state index contributed by atoms with van der Waals surface area (Å²) >= 11 is 0. The van der Waals surface area contributed by atoms with Crippen LogP contribution < -0.4 is 14.8 Å². The van der Waals surface area contributed by atoms with Crippen LogP contribution in [0.5, 0.6) is 11.6 Å². The summed E-state index contributed by atoms with van der Waals surface area (Å²) < 4.78 is 62.7. The zero-order valence-corrected chi connectivity index (χ0v) is 22.1. The van der Waals surface area contributed by atoms with Crippen molar-refractivity contribution in [1.82, 2.24) is 15.0 Å². The maximum atomic E-state index is 15.0. The van der Waals surface area contributed by atoms with Crippen LogP contribution in [0.25, 0.3) is 11.3 Å². The SMILES string of the molecule is O=S(=O)(Cc1ccccc1)Nc1ccc(Oc2ncccc2-c2ccnc(N[C@H]3CC[C@H](O)CC3)n2)c(F)c1F. The van der Waals surface area contributed by atoms with Gasteiger partial charge in [0, 0.05) is 18.4 Å². The Morgan fingerprint density at radius 1 is 0.900 bits per heavy atom. The molecule has 0 aliphatic heterocycles. The average molecular weight is 568 g/mol. The van der Waals surface area contributed by atoms with E-state index in [-0.39, 0.29) is 18.0 Å². The lowest BCUT2D eigenvalue weighted by molar-refractivity contribution is 0.126. The molecule has 2 aromatic carbocycles. The maximum Gasteiger partial charge on any atom is 0.237 e. The third-order valence-corrected chi connectivity index (χ3v) is 7.70. The number of ether oxygens (including phenoxy) is 1. The van der Waals surface area contributed by atoms with Crippen molar-refractivity contribution in [2.75, 3.05) is 10.0 Å². The van der Waals surface area contributed by atoms with Gasteiger partial charge in [0.2, 0.25) is 27.7 Å². The highest BCUT2D eigenvalue weighted by Gasteiger charge is 2.22. The molecule has 0 spiro atoms. The van der Waals surface area contributed by atoms with Crippen LogP contribution in [0.4, 0.5) is 20.4 Å².